The Bertz CT molecular complexity index is 936. The molecule has 1 saturated heterocycles. The van der Waals surface area contributed by atoms with Crippen LogP contribution in [0.2, 0.25) is 0 Å². The lowest BCUT2D eigenvalue weighted by atomic mass is 10.1. The number of hydrogen-bond acceptors (Lipinski definition) is 4. The molecule has 2 aromatic rings. The molecule has 1 fully saturated rings. The Kier molecular flexibility index (Phi) is 4.59. The number of aromatic amines is 1. The Morgan fingerprint density at radius 1 is 1.16 bits per heavy atom. The van der Waals surface area contributed by atoms with Crippen LogP contribution in [0.1, 0.15) is 40.0 Å². The van der Waals surface area contributed by atoms with Gasteiger partial charge in [0.05, 0.1) is 11.3 Å². The zero-order chi connectivity index (χ0) is 18.1. The summed E-state index contributed by atoms with van der Waals surface area (Å²) in [6.07, 6.45) is 2.05. The van der Waals surface area contributed by atoms with E-state index >= 15 is 0 Å². The fourth-order valence-electron chi connectivity index (χ4n) is 3.17. The molecule has 132 valence electrons. The van der Waals surface area contributed by atoms with E-state index in [1.807, 2.05) is 24.8 Å². The lowest BCUT2D eigenvalue weighted by Gasteiger charge is -2.17. The Balaban J connectivity index is 2.19. The number of nitrogens with one attached hydrogen (secondary N) is 1. The molecule has 1 aromatic heterocycles. The molecule has 0 atom stereocenters. The minimum atomic E-state index is -1.30. The number of aromatic nitrogens is 2. The third kappa shape index (κ3) is 3.28. The van der Waals surface area contributed by atoms with Crippen LogP contribution < -0.4 is 11.2 Å². The number of carboxylic acid groups (broad SMARTS) is 1. The van der Waals surface area contributed by atoms with Gasteiger partial charge in [0.15, 0.2) is 0 Å². The van der Waals surface area contributed by atoms with Crippen molar-refractivity contribution in [2.24, 2.45) is 0 Å². The van der Waals surface area contributed by atoms with Crippen LogP contribution in [-0.4, -0.2) is 38.6 Å². The lowest BCUT2D eigenvalue weighted by molar-refractivity contribution is 0.0687. The molecule has 0 unspecified atom stereocenters. The van der Waals surface area contributed by atoms with E-state index in [9.17, 15) is 19.5 Å². The summed E-state index contributed by atoms with van der Waals surface area (Å²) in [6, 6.07) is 5.28. The maximum atomic E-state index is 13.0. The highest BCUT2D eigenvalue weighted by molar-refractivity contribution is 5.86. The van der Waals surface area contributed by atoms with Gasteiger partial charge in [0.1, 0.15) is 5.69 Å². The number of aryl methyl sites for hydroxylation is 2. The van der Waals surface area contributed by atoms with Crippen LogP contribution in [0.25, 0.3) is 5.69 Å². The first-order valence-electron chi connectivity index (χ1n) is 8.30. The van der Waals surface area contributed by atoms with Gasteiger partial charge >= 0.3 is 11.7 Å². The zero-order valence-corrected chi connectivity index (χ0v) is 14.3. The SMILES string of the molecule is Cc1ccc(-n2c(=O)[nH]c(C(=O)O)c(CN3CCCC3)c2=O)cc1C. The van der Waals surface area contributed by atoms with E-state index in [0.717, 1.165) is 41.6 Å². The first kappa shape index (κ1) is 17.2. The van der Waals surface area contributed by atoms with E-state index in [0.29, 0.717) is 5.69 Å². The summed E-state index contributed by atoms with van der Waals surface area (Å²) in [7, 11) is 0. The molecule has 0 aliphatic carbocycles. The van der Waals surface area contributed by atoms with Crippen molar-refractivity contribution in [2.75, 3.05) is 13.1 Å². The summed E-state index contributed by atoms with van der Waals surface area (Å²) >= 11 is 0. The summed E-state index contributed by atoms with van der Waals surface area (Å²) in [5, 5.41) is 9.39. The summed E-state index contributed by atoms with van der Waals surface area (Å²) in [4.78, 5) is 41.3. The maximum absolute atomic E-state index is 13.0. The lowest BCUT2D eigenvalue weighted by Crippen LogP contribution is -2.40. The predicted molar refractivity (Wildman–Crippen MR) is 93.6 cm³/mol. The summed E-state index contributed by atoms with van der Waals surface area (Å²) in [5.41, 5.74) is 0.926. The molecule has 0 radical (unpaired) electrons. The highest BCUT2D eigenvalue weighted by atomic mass is 16.4. The molecule has 2 N–H and O–H groups in total. The van der Waals surface area contributed by atoms with Gasteiger partial charge in [-0.15, -0.1) is 0 Å². The molecule has 1 aromatic carbocycles. The molecule has 0 amide bonds. The van der Waals surface area contributed by atoms with Crippen molar-refractivity contribution in [2.45, 2.75) is 33.2 Å². The van der Waals surface area contributed by atoms with E-state index < -0.39 is 17.2 Å². The standard InChI is InChI=1S/C18H21N3O4/c1-11-5-6-13(9-12(11)2)21-16(22)14(10-20-7-3-4-8-20)15(17(23)24)19-18(21)25/h5-6,9H,3-4,7-8,10H2,1-2H3,(H,19,25)(H,23,24). The Morgan fingerprint density at radius 3 is 2.44 bits per heavy atom. The Hall–Kier alpha value is -2.67. The molecule has 25 heavy (non-hydrogen) atoms. The van der Waals surface area contributed by atoms with Gasteiger partial charge in [0.25, 0.3) is 5.56 Å². The monoisotopic (exact) mass is 343 g/mol. The van der Waals surface area contributed by atoms with Crippen LogP contribution in [0, 0.1) is 13.8 Å². The Morgan fingerprint density at radius 2 is 1.84 bits per heavy atom. The Labute approximate surface area is 144 Å². The number of carboxylic acids is 1. The number of benzene rings is 1. The number of likely N-dealkylation sites (tertiary alicyclic amines) is 1. The second kappa shape index (κ2) is 6.68. The van der Waals surface area contributed by atoms with Gasteiger partial charge in [-0.3, -0.25) is 9.69 Å². The average Bonchev–Trinajstić information content (AvgIpc) is 3.06. The molecule has 0 spiro atoms. The summed E-state index contributed by atoms with van der Waals surface area (Å²) in [6.45, 7) is 5.71. The third-order valence-electron chi connectivity index (χ3n) is 4.74. The first-order chi connectivity index (χ1) is 11.9. The van der Waals surface area contributed by atoms with Crippen LogP contribution in [0.5, 0.6) is 0 Å². The van der Waals surface area contributed by atoms with Crippen LogP contribution >= 0.6 is 0 Å². The third-order valence-corrected chi connectivity index (χ3v) is 4.74. The van der Waals surface area contributed by atoms with Crippen molar-refractivity contribution >= 4 is 5.97 Å². The largest absolute Gasteiger partial charge is 0.477 e. The van der Waals surface area contributed by atoms with E-state index in [-0.39, 0.29) is 17.8 Å². The summed E-state index contributed by atoms with van der Waals surface area (Å²) < 4.78 is 1.02. The molecular formula is C18H21N3O4. The van der Waals surface area contributed by atoms with Crippen molar-refractivity contribution < 1.29 is 9.90 Å². The minimum Gasteiger partial charge on any atom is -0.477 e. The number of H-pyrrole nitrogens is 1. The van der Waals surface area contributed by atoms with Crippen molar-refractivity contribution in [3.8, 4) is 5.69 Å². The normalized spacial score (nSPS) is 14.8. The quantitative estimate of drug-likeness (QED) is 0.876. The van der Waals surface area contributed by atoms with Crippen molar-refractivity contribution in [3.05, 3.63) is 61.4 Å². The molecule has 0 saturated carbocycles. The van der Waals surface area contributed by atoms with Crippen molar-refractivity contribution in [1.82, 2.24) is 14.5 Å². The molecular weight excluding hydrogens is 322 g/mol. The van der Waals surface area contributed by atoms with Crippen molar-refractivity contribution in [1.29, 1.82) is 0 Å². The minimum absolute atomic E-state index is 0.118. The highest BCUT2D eigenvalue weighted by Gasteiger charge is 2.23. The molecule has 1 aliphatic rings. The first-order valence-corrected chi connectivity index (χ1v) is 8.30. The number of nitrogens with zero attached hydrogens (tertiary/aromatic N) is 2. The van der Waals surface area contributed by atoms with Crippen LogP contribution in [0.3, 0.4) is 0 Å². The van der Waals surface area contributed by atoms with Crippen molar-refractivity contribution in [3.63, 3.8) is 0 Å². The smallest absolute Gasteiger partial charge is 0.352 e. The predicted octanol–water partition coefficient (Wildman–Crippen LogP) is 1.44. The molecule has 1 aliphatic heterocycles. The number of aromatic carboxylic acids is 1. The maximum Gasteiger partial charge on any atom is 0.352 e. The number of hydrogen-bond donors (Lipinski definition) is 2. The van der Waals surface area contributed by atoms with Gasteiger partial charge in [-0.2, -0.15) is 0 Å². The molecule has 7 heteroatoms. The van der Waals surface area contributed by atoms with Gasteiger partial charge in [-0.1, -0.05) is 6.07 Å². The van der Waals surface area contributed by atoms with Crippen LogP contribution in [0.4, 0.5) is 0 Å². The van der Waals surface area contributed by atoms with Crippen LogP contribution in [-0.2, 0) is 6.54 Å². The zero-order valence-electron chi connectivity index (χ0n) is 14.3. The van der Waals surface area contributed by atoms with Gasteiger partial charge in [0, 0.05) is 6.54 Å². The number of carbonyl (C=O) groups is 1. The molecule has 2 heterocycles. The fourth-order valence-corrected chi connectivity index (χ4v) is 3.17. The molecule has 0 bridgehead atoms. The van der Waals surface area contributed by atoms with E-state index in [2.05, 4.69) is 4.98 Å². The molecule has 3 rings (SSSR count). The second-order valence-electron chi connectivity index (χ2n) is 6.48. The highest BCUT2D eigenvalue weighted by Crippen LogP contribution is 2.14. The van der Waals surface area contributed by atoms with E-state index in [1.165, 1.54) is 0 Å². The topological polar surface area (TPSA) is 95.4 Å². The van der Waals surface area contributed by atoms with Gasteiger partial charge in [-0.25, -0.2) is 14.2 Å². The van der Waals surface area contributed by atoms with E-state index in [4.69, 9.17) is 0 Å². The second-order valence-corrected chi connectivity index (χ2v) is 6.48. The van der Waals surface area contributed by atoms with Gasteiger partial charge in [0.2, 0.25) is 0 Å². The van der Waals surface area contributed by atoms with E-state index in [1.54, 1.807) is 12.1 Å². The van der Waals surface area contributed by atoms with Gasteiger partial charge in [-0.05, 0) is 63.0 Å². The molecule has 7 nitrogen and oxygen atoms in total. The number of rotatable bonds is 4. The fraction of sp³-hybridized carbons (Fsp3) is 0.389. The van der Waals surface area contributed by atoms with Crippen LogP contribution in [0.15, 0.2) is 27.8 Å². The van der Waals surface area contributed by atoms with Gasteiger partial charge < -0.3 is 10.1 Å². The summed E-state index contributed by atoms with van der Waals surface area (Å²) in [5.74, 6) is -1.30. The average molecular weight is 343 g/mol.